The highest BCUT2D eigenvalue weighted by molar-refractivity contribution is 5.67. The van der Waals surface area contributed by atoms with Gasteiger partial charge in [0.15, 0.2) is 0 Å². The number of nitrogens with two attached hydrogens (primary N) is 1. The molecule has 3 rings (SSSR count). The van der Waals surface area contributed by atoms with Gasteiger partial charge in [0.25, 0.3) is 5.69 Å². The number of nitro benzene ring substituents is 1. The van der Waals surface area contributed by atoms with E-state index in [1.54, 1.807) is 12.1 Å². The largest absolute Gasteiger partial charge is 0.385 e. The minimum Gasteiger partial charge on any atom is -0.385 e. The van der Waals surface area contributed by atoms with Gasteiger partial charge in [-0.05, 0) is 29.3 Å². The van der Waals surface area contributed by atoms with Gasteiger partial charge in [0.1, 0.15) is 5.82 Å². The molecule has 0 saturated heterocycles. The first-order chi connectivity index (χ1) is 9.65. The fourth-order valence-electron chi connectivity index (χ4n) is 2.31. The molecule has 5 heteroatoms. The number of hydrogen-bond acceptors (Lipinski definition) is 4. The highest BCUT2D eigenvalue weighted by Gasteiger charge is 2.17. The summed E-state index contributed by atoms with van der Waals surface area (Å²) in [5.74, 6) is 0.637. The lowest BCUT2D eigenvalue weighted by molar-refractivity contribution is -0.384. The van der Waals surface area contributed by atoms with Crippen LogP contribution in [0.25, 0.3) is 6.08 Å². The van der Waals surface area contributed by atoms with Crippen molar-refractivity contribution < 1.29 is 4.92 Å². The van der Waals surface area contributed by atoms with E-state index in [-0.39, 0.29) is 5.69 Å². The van der Waals surface area contributed by atoms with Crippen LogP contribution in [-0.4, -0.2) is 4.92 Å². The minimum absolute atomic E-state index is 0.0775. The summed E-state index contributed by atoms with van der Waals surface area (Å²) in [5, 5.41) is 10.7. The van der Waals surface area contributed by atoms with Crippen LogP contribution in [0, 0.1) is 10.1 Å². The molecule has 1 aliphatic rings. The normalized spacial score (nSPS) is 13.6. The Balaban J connectivity index is 1.94. The van der Waals surface area contributed by atoms with E-state index in [0.717, 1.165) is 11.3 Å². The molecule has 0 aromatic heterocycles. The highest BCUT2D eigenvalue weighted by Crippen LogP contribution is 2.28. The van der Waals surface area contributed by atoms with Gasteiger partial charge in [-0.2, -0.15) is 0 Å². The molecule has 0 saturated carbocycles. The lowest BCUT2D eigenvalue weighted by Crippen LogP contribution is -2.29. The Morgan fingerprint density at radius 2 is 1.80 bits per heavy atom. The van der Waals surface area contributed by atoms with Crippen molar-refractivity contribution in [1.82, 2.24) is 0 Å². The summed E-state index contributed by atoms with van der Waals surface area (Å²) in [6, 6.07) is 14.4. The standard InChI is InChI=1S/C15H13N3O2/c16-15-9-11-3-1-2-4-12(11)10-17(15)13-5-7-14(8-6-13)18(19)20/h1-9H,10,16H2. The Morgan fingerprint density at radius 3 is 2.50 bits per heavy atom. The fourth-order valence-corrected chi connectivity index (χ4v) is 2.31. The summed E-state index contributed by atoms with van der Waals surface area (Å²) in [6.07, 6.45) is 1.92. The van der Waals surface area contributed by atoms with Crippen LogP contribution in [0.2, 0.25) is 0 Å². The zero-order valence-corrected chi connectivity index (χ0v) is 10.7. The van der Waals surface area contributed by atoms with Crippen LogP contribution in [0.15, 0.2) is 54.4 Å². The lowest BCUT2D eigenvalue weighted by Gasteiger charge is -2.29. The fraction of sp³-hybridized carbons (Fsp3) is 0.0667. The third kappa shape index (κ3) is 2.09. The molecule has 0 bridgehead atoms. The predicted octanol–water partition coefficient (Wildman–Crippen LogP) is 2.87. The number of non-ortho nitro benzene ring substituents is 1. The molecule has 0 unspecified atom stereocenters. The molecule has 5 nitrogen and oxygen atoms in total. The van der Waals surface area contributed by atoms with E-state index in [0.29, 0.717) is 12.4 Å². The quantitative estimate of drug-likeness (QED) is 0.670. The smallest absolute Gasteiger partial charge is 0.269 e. The topological polar surface area (TPSA) is 72.4 Å². The number of fused-ring (bicyclic) bond motifs is 1. The Bertz CT molecular complexity index is 693. The van der Waals surface area contributed by atoms with Crippen molar-refractivity contribution in [2.45, 2.75) is 6.54 Å². The molecule has 20 heavy (non-hydrogen) atoms. The van der Waals surface area contributed by atoms with E-state index in [4.69, 9.17) is 5.73 Å². The van der Waals surface area contributed by atoms with Crippen LogP contribution < -0.4 is 10.6 Å². The minimum atomic E-state index is -0.408. The molecule has 0 atom stereocenters. The molecule has 2 N–H and O–H groups in total. The second-order valence-corrected chi connectivity index (χ2v) is 4.63. The van der Waals surface area contributed by atoms with Gasteiger partial charge < -0.3 is 10.6 Å². The van der Waals surface area contributed by atoms with Crippen molar-refractivity contribution in [3.05, 3.63) is 75.6 Å². The second-order valence-electron chi connectivity index (χ2n) is 4.63. The molecular formula is C15H13N3O2. The third-order valence-electron chi connectivity index (χ3n) is 3.37. The van der Waals surface area contributed by atoms with Gasteiger partial charge in [-0.1, -0.05) is 24.3 Å². The summed E-state index contributed by atoms with van der Waals surface area (Å²) in [7, 11) is 0. The van der Waals surface area contributed by atoms with Crippen LogP contribution in [0.1, 0.15) is 11.1 Å². The predicted molar refractivity (Wildman–Crippen MR) is 77.9 cm³/mol. The van der Waals surface area contributed by atoms with E-state index in [9.17, 15) is 10.1 Å². The Morgan fingerprint density at radius 1 is 1.10 bits per heavy atom. The number of nitrogens with zero attached hydrogens (tertiary/aromatic N) is 2. The van der Waals surface area contributed by atoms with Crippen molar-refractivity contribution in [2.24, 2.45) is 5.73 Å². The Hall–Kier alpha value is -2.82. The molecule has 100 valence electrons. The summed E-state index contributed by atoms with van der Waals surface area (Å²) in [6.45, 7) is 0.663. The number of nitro groups is 1. The van der Waals surface area contributed by atoms with Gasteiger partial charge >= 0.3 is 0 Å². The molecular weight excluding hydrogens is 254 g/mol. The van der Waals surface area contributed by atoms with Gasteiger partial charge in [-0.25, -0.2) is 0 Å². The first-order valence-corrected chi connectivity index (χ1v) is 6.22. The van der Waals surface area contributed by atoms with Crippen molar-refractivity contribution in [3.63, 3.8) is 0 Å². The summed E-state index contributed by atoms with van der Waals surface area (Å²) < 4.78 is 0. The van der Waals surface area contributed by atoms with Gasteiger partial charge in [0.05, 0.1) is 11.5 Å². The average molecular weight is 267 g/mol. The van der Waals surface area contributed by atoms with Crippen LogP contribution in [-0.2, 0) is 6.54 Å². The van der Waals surface area contributed by atoms with Crippen molar-refractivity contribution in [2.75, 3.05) is 4.90 Å². The Kier molecular flexibility index (Phi) is 2.87. The van der Waals surface area contributed by atoms with E-state index in [2.05, 4.69) is 6.07 Å². The summed E-state index contributed by atoms with van der Waals surface area (Å²) >= 11 is 0. The van der Waals surface area contributed by atoms with Crippen LogP contribution >= 0.6 is 0 Å². The lowest BCUT2D eigenvalue weighted by atomic mass is 10.0. The second kappa shape index (κ2) is 4.70. The third-order valence-corrected chi connectivity index (χ3v) is 3.37. The van der Waals surface area contributed by atoms with Crippen LogP contribution in [0.5, 0.6) is 0 Å². The molecule has 2 aromatic rings. The van der Waals surface area contributed by atoms with Gasteiger partial charge in [0, 0.05) is 17.8 Å². The summed E-state index contributed by atoms with van der Waals surface area (Å²) in [4.78, 5) is 12.2. The van der Waals surface area contributed by atoms with Crippen molar-refractivity contribution in [3.8, 4) is 0 Å². The van der Waals surface area contributed by atoms with Gasteiger partial charge in [-0.3, -0.25) is 10.1 Å². The molecule has 0 fully saturated rings. The van der Waals surface area contributed by atoms with Crippen molar-refractivity contribution in [1.29, 1.82) is 0 Å². The number of benzene rings is 2. The van der Waals surface area contributed by atoms with E-state index in [1.807, 2.05) is 29.2 Å². The average Bonchev–Trinajstić information content (AvgIpc) is 2.46. The zero-order chi connectivity index (χ0) is 14.1. The van der Waals surface area contributed by atoms with Crippen molar-refractivity contribution >= 4 is 17.5 Å². The van der Waals surface area contributed by atoms with E-state index < -0.39 is 4.92 Å². The summed E-state index contributed by atoms with van der Waals surface area (Å²) in [5.41, 5.74) is 9.30. The zero-order valence-electron chi connectivity index (χ0n) is 10.7. The maximum Gasteiger partial charge on any atom is 0.269 e. The molecule has 1 aliphatic heterocycles. The number of anilines is 1. The SMILES string of the molecule is NC1=Cc2ccccc2CN1c1ccc([N+](=O)[O-])cc1. The first-order valence-electron chi connectivity index (χ1n) is 6.22. The first kappa shape index (κ1) is 12.2. The highest BCUT2D eigenvalue weighted by atomic mass is 16.6. The molecule has 2 aromatic carbocycles. The Labute approximate surface area is 116 Å². The van der Waals surface area contributed by atoms with Gasteiger partial charge in [-0.15, -0.1) is 0 Å². The molecule has 0 aliphatic carbocycles. The molecule has 0 amide bonds. The monoisotopic (exact) mass is 267 g/mol. The maximum atomic E-state index is 10.7. The van der Waals surface area contributed by atoms with E-state index >= 15 is 0 Å². The number of hydrogen-bond donors (Lipinski definition) is 1. The molecule has 0 spiro atoms. The van der Waals surface area contributed by atoms with E-state index in [1.165, 1.54) is 17.7 Å². The van der Waals surface area contributed by atoms with Gasteiger partial charge in [0.2, 0.25) is 0 Å². The molecule has 1 heterocycles. The maximum absolute atomic E-state index is 10.7. The number of rotatable bonds is 2. The van der Waals surface area contributed by atoms with Crippen LogP contribution in [0.4, 0.5) is 11.4 Å². The van der Waals surface area contributed by atoms with Crippen LogP contribution in [0.3, 0.4) is 0 Å². The molecule has 0 radical (unpaired) electrons.